The Morgan fingerprint density at radius 1 is 0.952 bits per heavy atom. The van der Waals surface area contributed by atoms with Crippen LogP contribution in [0.15, 0.2) is 60.7 Å². The van der Waals surface area contributed by atoms with Crippen molar-refractivity contribution in [2.45, 2.75) is 18.4 Å². The summed E-state index contributed by atoms with van der Waals surface area (Å²) in [5, 5.41) is 12.8. The maximum atomic E-state index is 9.47. The molecule has 1 heterocycles. The first-order valence-electron chi connectivity index (χ1n) is 7.09. The van der Waals surface area contributed by atoms with Crippen molar-refractivity contribution in [3.63, 3.8) is 0 Å². The van der Waals surface area contributed by atoms with Gasteiger partial charge in [-0.2, -0.15) is 5.26 Å². The lowest BCUT2D eigenvalue weighted by molar-refractivity contribution is 0.437. The van der Waals surface area contributed by atoms with Crippen LogP contribution >= 0.6 is 12.2 Å². The standard InChI is InChI=1S/C18H16N2S/c19-12-16-15(13-7-3-1-4-8-13)11-17(20-18(16)21)14-9-5-2-6-10-14/h1-10,15-17H,11H2,(H,20,21). The number of thiocarbonyl (C=S) groups is 1. The monoisotopic (exact) mass is 292 g/mol. The molecule has 0 saturated carbocycles. The average molecular weight is 292 g/mol. The van der Waals surface area contributed by atoms with Gasteiger partial charge in [-0.3, -0.25) is 0 Å². The topological polar surface area (TPSA) is 35.8 Å². The lowest BCUT2D eigenvalue weighted by atomic mass is 9.77. The number of hydrogen-bond acceptors (Lipinski definition) is 2. The molecule has 0 spiro atoms. The van der Waals surface area contributed by atoms with E-state index in [4.69, 9.17) is 12.2 Å². The second-order valence-electron chi connectivity index (χ2n) is 5.33. The molecule has 0 amide bonds. The van der Waals surface area contributed by atoms with Crippen LogP contribution in [0.5, 0.6) is 0 Å². The summed E-state index contributed by atoms with van der Waals surface area (Å²) in [4.78, 5) is 0.659. The fraction of sp³-hybridized carbons (Fsp3) is 0.222. The molecule has 0 aromatic heterocycles. The van der Waals surface area contributed by atoms with Gasteiger partial charge in [-0.25, -0.2) is 0 Å². The summed E-state index contributed by atoms with van der Waals surface area (Å²) < 4.78 is 0. The van der Waals surface area contributed by atoms with Crippen molar-refractivity contribution in [1.82, 2.24) is 5.32 Å². The minimum atomic E-state index is -0.248. The van der Waals surface area contributed by atoms with Gasteiger partial charge < -0.3 is 5.32 Å². The molecule has 3 unspecified atom stereocenters. The number of piperidine rings is 1. The lowest BCUT2D eigenvalue weighted by Gasteiger charge is -2.35. The largest absolute Gasteiger partial charge is 0.372 e. The molecule has 1 aliphatic rings. The Hall–Kier alpha value is -2.18. The van der Waals surface area contributed by atoms with Gasteiger partial charge in [0, 0.05) is 5.92 Å². The van der Waals surface area contributed by atoms with Crippen LogP contribution in [0.1, 0.15) is 29.5 Å². The quantitative estimate of drug-likeness (QED) is 0.851. The smallest absolute Gasteiger partial charge is 0.103 e. The molecule has 1 saturated heterocycles. The lowest BCUT2D eigenvalue weighted by Crippen LogP contribution is -2.41. The fourth-order valence-corrected chi connectivity index (χ4v) is 3.33. The Bertz CT molecular complexity index is 661. The number of rotatable bonds is 2. The molecule has 3 heteroatoms. The van der Waals surface area contributed by atoms with E-state index in [1.54, 1.807) is 0 Å². The van der Waals surface area contributed by atoms with E-state index in [1.807, 2.05) is 36.4 Å². The van der Waals surface area contributed by atoms with Crippen molar-refractivity contribution in [1.29, 1.82) is 5.26 Å². The summed E-state index contributed by atoms with van der Waals surface area (Å²) in [5.41, 5.74) is 2.41. The molecule has 0 bridgehead atoms. The van der Waals surface area contributed by atoms with E-state index >= 15 is 0 Å². The number of benzene rings is 2. The first kappa shape index (κ1) is 13.8. The highest BCUT2D eigenvalue weighted by atomic mass is 32.1. The molecule has 21 heavy (non-hydrogen) atoms. The van der Waals surface area contributed by atoms with E-state index in [2.05, 4.69) is 35.7 Å². The molecular formula is C18H16N2S. The van der Waals surface area contributed by atoms with Gasteiger partial charge in [0.25, 0.3) is 0 Å². The average Bonchev–Trinajstić information content (AvgIpc) is 2.55. The molecule has 0 radical (unpaired) electrons. The Balaban J connectivity index is 1.93. The van der Waals surface area contributed by atoms with Gasteiger partial charge in [0.15, 0.2) is 0 Å². The van der Waals surface area contributed by atoms with E-state index in [0.29, 0.717) is 4.99 Å². The van der Waals surface area contributed by atoms with Crippen LogP contribution in [-0.4, -0.2) is 4.99 Å². The summed E-state index contributed by atoms with van der Waals surface area (Å²) >= 11 is 5.45. The second-order valence-corrected chi connectivity index (χ2v) is 5.77. The van der Waals surface area contributed by atoms with Crippen LogP contribution < -0.4 is 5.32 Å². The minimum absolute atomic E-state index is 0.148. The van der Waals surface area contributed by atoms with Crippen LogP contribution in [0.2, 0.25) is 0 Å². The molecule has 2 aromatic rings. The van der Waals surface area contributed by atoms with Crippen LogP contribution in [0, 0.1) is 17.2 Å². The summed E-state index contributed by atoms with van der Waals surface area (Å²) in [6.07, 6.45) is 0.881. The molecule has 2 aromatic carbocycles. The third kappa shape index (κ3) is 2.81. The maximum Gasteiger partial charge on any atom is 0.103 e. The summed E-state index contributed by atoms with van der Waals surface area (Å²) in [6.45, 7) is 0. The van der Waals surface area contributed by atoms with Crippen molar-refractivity contribution in [3.8, 4) is 6.07 Å². The Labute approximate surface area is 130 Å². The third-order valence-electron chi connectivity index (χ3n) is 4.06. The molecule has 1 fully saturated rings. The molecule has 3 atom stereocenters. The summed E-state index contributed by atoms with van der Waals surface area (Å²) in [7, 11) is 0. The fourth-order valence-electron chi connectivity index (χ4n) is 2.98. The maximum absolute atomic E-state index is 9.47. The minimum Gasteiger partial charge on any atom is -0.372 e. The first-order chi connectivity index (χ1) is 10.3. The van der Waals surface area contributed by atoms with Gasteiger partial charge in [-0.15, -0.1) is 0 Å². The van der Waals surface area contributed by atoms with Gasteiger partial charge in [-0.1, -0.05) is 72.9 Å². The highest BCUT2D eigenvalue weighted by Crippen LogP contribution is 2.38. The van der Waals surface area contributed by atoms with Crippen molar-refractivity contribution >= 4 is 17.2 Å². The molecule has 3 rings (SSSR count). The van der Waals surface area contributed by atoms with Crippen molar-refractivity contribution < 1.29 is 0 Å². The predicted molar refractivity (Wildman–Crippen MR) is 87.8 cm³/mol. The predicted octanol–water partition coefficient (Wildman–Crippen LogP) is 3.97. The number of nitrogens with zero attached hydrogens (tertiary/aromatic N) is 1. The summed E-state index contributed by atoms with van der Waals surface area (Å²) in [5.74, 6) is -0.0995. The van der Waals surface area contributed by atoms with E-state index in [-0.39, 0.29) is 17.9 Å². The summed E-state index contributed by atoms with van der Waals surface area (Å²) in [6, 6.07) is 23.1. The number of hydrogen-bond donors (Lipinski definition) is 1. The zero-order valence-electron chi connectivity index (χ0n) is 11.6. The molecule has 2 nitrogen and oxygen atoms in total. The van der Waals surface area contributed by atoms with E-state index in [0.717, 1.165) is 6.42 Å². The van der Waals surface area contributed by atoms with Crippen LogP contribution in [0.3, 0.4) is 0 Å². The van der Waals surface area contributed by atoms with Gasteiger partial charge in [0.1, 0.15) is 5.92 Å². The van der Waals surface area contributed by atoms with Crippen LogP contribution in [0.25, 0.3) is 0 Å². The normalized spacial score (nSPS) is 24.9. The molecule has 1 N–H and O–H groups in total. The van der Waals surface area contributed by atoms with Gasteiger partial charge in [0.05, 0.1) is 17.1 Å². The zero-order valence-corrected chi connectivity index (χ0v) is 12.4. The molecule has 0 aliphatic carbocycles. The van der Waals surface area contributed by atoms with E-state index in [9.17, 15) is 5.26 Å². The van der Waals surface area contributed by atoms with Gasteiger partial charge >= 0.3 is 0 Å². The van der Waals surface area contributed by atoms with Crippen molar-refractivity contribution in [3.05, 3.63) is 71.8 Å². The second kappa shape index (κ2) is 6.07. The highest BCUT2D eigenvalue weighted by molar-refractivity contribution is 7.80. The van der Waals surface area contributed by atoms with Gasteiger partial charge in [-0.05, 0) is 17.5 Å². The molecule has 1 aliphatic heterocycles. The van der Waals surface area contributed by atoms with Crippen molar-refractivity contribution in [2.75, 3.05) is 0 Å². The third-order valence-corrected chi connectivity index (χ3v) is 4.43. The zero-order chi connectivity index (χ0) is 14.7. The van der Waals surface area contributed by atoms with E-state index < -0.39 is 0 Å². The molecular weight excluding hydrogens is 276 g/mol. The Kier molecular flexibility index (Phi) is 3.98. The van der Waals surface area contributed by atoms with Crippen molar-refractivity contribution in [2.24, 2.45) is 5.92 Å². The first-order valence-corrected chi connectivity index (χ1v) is 7.50. The number of nitriles is 1. The highest BCUT2D eigenvalue weighted by Gasteiger charge is 2.35. The molecule has 104 valence electrons. The van der Waals surface area contributed by atoms with Gasteiger partial charge in [0.2, 0.25) is 0 Å². The Morgan fingerprint density at radius 3 is 2.10 bits per heavy atom. The van der Waals surface area contributed by atoms with E-state index in [1.165, 1.54) is 11.1 Å². The van der Waals surface area contributed by atoms with Crippen LogP contribution in [-0.2, 0) is 0 Å². The SMILES string of the molecule is N#CC1C(=S)NC(c2ccccc2)CC1c1ccccc1. The number of nitrogens with one attached hydrogen (secondary N) is 1. The Morgan fingerprint density at radius 2 is 1.52 bits per heavy atom. The van der Waals surface area contributed by atoms with Crippen LogP contribution in [0.4, 0.5) is 0 Å².